The zero-order valence-corrected chi connectivity index (χ0v) is 10.4. The van der Waals surface area contributed by atoms with Crippen LogP contribution in [0.25, 0.3) is 0 Å². The predicted molar refractivity (Wildman–Crippen MR) is 61.0 cm³/mol. The van der Waals surface area contributed by atoms with Crippen LogP contribution in [0.5, 0.6) is 0 Å². The van der Waals surface area contributed by atoms with E-state index in [0.29, 0.717) is 5.56 Å². The molecule has 0 amide bonds. The molecular weight excluding hydrogens is 252 g/mol. The highest BCUT2D eigenvalue weighted by molar-refractivity contribution is 7.92. The van der Waals surface area contributed by atoms with Crippen molar-refractivity contribution in [3.05, 3.63) is 23.8 Å². The minimum atomic E-state index is -3.83. The average molecular weight is 264 g/mol. The molecule has 1 aromatic carbocycles. The number of nitrogens with two attached hydrogens (primary N) is 1. The molecule has 90 valence electrons. The van der Waals surface area contributed by atoms with Crippen molar-refractivity contribution in [1.29, 1.82) is 0 Å². The number of benzene rings is 1. The fourth-order valence-corrected chi connectivity index (χ4v) is 2.25. The van der Waals surface area contributed by atoms with Crippen molar-refractivity contribution >= 4 is 25.7 Å². The molecule has 0 unspecified atom stereocenters. The van der Waals surface area contributed by atoms with E-state index in [2.05, 4.69) is 4.72 Å². The summed E-state index contributed by atoms with van der Waals surface area (Å²) in [7, 11) is -7.28. The Kier molecular flexibility index (Phi) is 3.27. The van der Waals surface area contributed by atoms with Crippen molar-refractivity contribution in [3.63, 3.8) is 0 Å². The maximum absolute atomic E-state index is 11.1. The van der Waals surface area contributed by atoms with Crippen LogP contribution in [0.15, 0.2) is 23.1 Å². The monoisotopic (exact) mass is 264 g/mol. The topological polar surface area (TPSA) is 106 Å². The van der Waals surface area contributed by atoms with Crippen molar-refractivity contribution in [2.75, 3.05) is 11.0 Å². The molecule has 0 aliphatic carbocycles. The predicted octanol–water partition coefficient (Wildman–Crippen LogP) is 0.0139. The normalized spacial score (nSPS) is 12.4. The number of rotatable bonds is 3. The first-order chi connectivity index (χ1) is 7.09. The fourth-order valence-electron chi connectivity index (χ4n) is 1.09. The van der Waals surface area contributed by atoms with Crippen molar-refractivity contribution in [2.45, 2.75) is 11.8 Å². The standard InChI is InChI=1S/C8H12N2O4S2/c1-6-3-4-7(16(9,13)14)5-8(6)10-15(2,11)12/h3-5,10H,1-2H3,(H2,9,13,14). The third-order valence-electron chi connectivity index (χ3n) is 1.83. The molecule has 1 rings (SSSR count). The first kappa shape index (κ1) is 12.9. The van der Waals surface area contributed by atoms with Crippen LogP contribution in [-0.4, -0.2) is 23.1 Å². The van der Waals surface area contributed by atoms with E-state index in [9.17, 15) is 16.8 Å². The Labute approximate surface area is 94.6 Å². The summed E-state index contributed by atoms with van der Waals surface area (Å²) in [6.45, 7) is 1.65. The van der Waals surface area contributed by atoms with E-state index in [0.717, 1.165) is 6.26 Å². The van der Waals surface area contributed by atoms with E-state index in [1.54, 1.807) is 6.92 Å². The lowest BCUT2D eigenvalue weighted by Gasteiger charge is -2.08. The maximum atomic E-state index is 11.1. The van der Waals surface area contributed by atoms with Crippen LogP contribution in [0.2, 0.25) is 0 Å². The Morgan fingerprint density at radius 3 is 2.19 bits per heavy atom. The van der Waals surface area contributed by atoms with E-state index in [1.165, 1.54) is 18.2 Å². The lowest BCUT2D eigenvalue weighted by molar-refractivity contribution is 0.597. The third kappa shape index (κ3) is 3.47. The van der Waals surface area contributed by atoms with E-state index in [-0.39, 0.29) is 10.6 Å². The van der Waals surface area contributed by atoms with Crippen LogP contribution < -0.4 is 9.86 Å². The summed E-state index contributed by atoms with van der Waals surface area (Å²) in [6, 6.07) is 3.98. The van der Waals surface area contributed by atoms with E-state index in [4.69, 9.17) is 5.14 Å². The summed E-state index contributed by atoms with van der Waals surface area (Å²) in [5.74, 6) is 0. The van der Waals surface area contributed by atoms with Gasteiger partial charge in [0.05, 0.1) is 16.8 Å². The number of hydrogen-bond donors (Lipinski definition) is 2. The molecule has 0 atom stereocenters. The second-order valence-corrected chi connectivity index (χ2v) is 6.71. The Morgan fingerprint density at radius 1 is 1.19 bits per heavy atom. The van der Waals surface area contributed by atoms with Crippen LogP contribution in [-0.2, 0) is 20.0 Å². The molecule has 16 heavy (non-hydrogen) atoms. The Bertz CT molecular complexity index is 605. The number of nitrogens with one attached hydrogen (secondary N) is 1. The molecule has 1 aromatic rings. The summed E-state index contributed by atoms with van der Waals surface area (Å²) < 4.78 is 46.4. The van der Waals surface area contributed by atoms with Crippen LogP contribution in [0.1, 0.15) is 5.56 Å². The number of anilines is 1. The largest absolute Gasteiger partial charge is 0.283 e. The second-order valence-electron chi connectivity index (χ2n) is 3.40. The maximum Gasteiger partial charge on any atom is 0.238 e. The van der Waals surface area contributed by atoms with E-state index < -0.39 is 20.0 Å². The van der Waals surface area contributed by atoms with E-state index >= 15 is 0 Å². The zero-order chi connectivity index (χ0) is 12.6. The molecule has 0 spiro atoms. The van der Waals surface area contributed by atoms with Gasteiger partial charge in [-0.05, 0) is 24.6 Å². The van der Waals surface area contributed by atoms with Gasteiger partial charge in [0.15, 0.2) is 0 Å². The molecule has 6 nitrogen and oxygen atoms in total. The van der Waals surface area contributed by atoms with Gasteiger partial charge in [-0.25, -0.2) is 22.0 Å². The molecule has 8 heteroatoms. The van der Waals surface area contributed by atoms with Crippen molar-refractivity contribution in [3.8, 4) is 0 Å². The summed E-state index contributed by atoms with van der Waals surface area (Å²) in [5.41, 5.74) is 0.812. The lowest BCUT2D eigenvalue weighted by Crippen LogP contribution is -2.14. The summed E-state index contributed by atoms with van der Waals surface area (Å²) >= 11 is 0. The van der Waals surface area contributed by atoms with Crippen LogP contribution in [0, 0.1) is 6.92 Å². The average Bonchev–Trinajstić information content (AvgIpc) is 2.04. The fraction of sp³-hybridized carbons (Fsp3) is 0.250. The first-order valence-electron chi connectivity index (χ1n) is 4.21. The molecule has 0 aromatic heterocycles. The molecule has 0 radical (unpaired) electrons. The van der Waals surface area contributed by atoms with Crippen molar-refractivity contribution < 1.29 is 16.8 Å². The molecule has 0 saturated heterocycles. The third-order valence-corrected chi connectivity index (χ3v) is 3.33. The number of hydrogen-bond acceptors (Lipinski definition) is 4. The van der Waals surface area contributed by atoms with Gasteiger partial charge in [0, 0.05) is 0 Å². The second kappa shape index (κ2) is 4.04. The van der Waals surface area contributed by atoms with E-state index in [1.807, 2.05) is 0 Å². The Balaban J connectivity index is 3.31. The molecule has 0 aliphatic rings. The number of primary sulfonamides is 1. The zero-order valence-electron chi connectivity index (χ0n) is 8.76. The highest BCUT2D eigenvalue weighted by Crippen LogP contribution is 2.20. The number of aryl methyl sites for hydroxylation is 1. The molecule has 3 N–H and O–H groups in total. The summed E-state index contributed by atoms with van der Waals surface area (Å²) in [5, 5.41) is 4.93. The SMILES string of the molecule is Cc1ccc(S(N)(=O)=O)cc1NS(C)(=O)=O. The van der Waals surface area contributed by atoms with Gasteiger partial charge in [0.1, 0.15) is 0 Å². The molecular formula is C8H12N2O4S2. The van der Waals surface area contributed by atoms with Gasteiger partial charge >= 0.3 is 0 Å². The van der Waals surface area contributed by atoms with Crippen LogP contribution in [0.4, 0.5) is 5.69 Å². The van der Waals surface area contributed by atoms with Crippen molar-refractivity contribution in [1.82, 2.24) is 0 Å². The molecule has 0 aliphatic heterocycles. The molecule has 0 saturated carbocycles. The van der Waals surface area contributed by atoms with Gasteiger partial charge in [0.25, 0.3) is 0 Å². The summed E-state index contributed by atoms with van der Waals surface area (Å²) in [6.07, 6.45) is 0.982. The Morgan fingerprint density at radius 2 is 1.75 bits per heavy atom. The number of sulfonamides is 2. The summed E-state index contributed by atoms with van der Waals surface area (Å²) in [4.78, 5) is -0.135. The molecule has 0 fully saturated rings. The highest BCUT2D eigenvalue weighted by atomic mass is 32.2. The lowest BCUT2D eigenvalue weighted by atomic mass is 10.2. The Hall–Kier alpha value is -1.12. The minimum absolute atomic E-state index is 0.135. The molecule has 0 bridgehead atoms. The van der Waals surface area contributed by atoms with Gasteiger partial charge in [-0.1, -0.05) is 6.07 Å². The van der Waals surface area contributed by atoms with Gasteiger partial charge in [0.2, 0.25) is 20.0 Å². The van der Waals surface area contributed by atoms with Gasteiger partial charge in [-0.2, -0.15) is 0 Å². The smallest absolute Gasteiger partial charge is 0.238 e. The van der Waals surface area contributed by atoms with Crippen LogP contribution in [0.3, 0.4) is 0 Å². The minimum Gasteiger partial charge on any atom is -0.283 e. The van der Waals surface area contributed by atoms with Gasteiger partial charge in [-0.3, -0.25) is 4.72 Å². The van der Waals surface area contributed by atoms with Gasteiger partial charge in [-0.15, -0.1) is 0 Å². The van der Waals surface area contributed by atoms with Gasteiger partial charge < -0.3 is 0 Å². The van der Waals surface area contributed by atoms with Crippen LogP contribution >= 0.6 is 0 Å². The van der Waals surface area contributed by atoms with Crippen molar-refractivity contribution in [2.24, 2.45) is 5.14 Å². The molecule has 0 heterocycles. The quantitative estimate of drug-likeness (QED) is 0.802. The highest BCUT2D eigenvalue weighted by Gasteiger charge is 2.11. The first-order valence-corrected chi connectivity index (χ1v) is 7.64.